The van der Waals surface area contributed by atoms with Gasteiger partial charge in [0.25, 0.3) is 0 Å². The summed E-state index contributed by atoms with van der Waals surface area (Å²) in [5, 5.41) is 1.75. The van der Waals surface area contributed by atoms with Gasteiger partial charge in [-0.25, -0.2) is 4.98 Å². The van der Waals surface area contributed by atoms with E-state index in [1.54, 1.807) is 18.0 Å². The van der Waals surface area contributed by atoms with Crippen LogP contribution in [0.1, 0.15) is 13.3 Å². The van der Waals surface area contributed by atoms with Gasteiger partial charge in [-0.2, -0.15) is 0 Å². The maximum absolute atomic E-state index is 5.67. The summed E-state index contributed by atoms with van der Waals surface area (Å²) in [4.78, 5) is 4.15. The number of nitrogens with zero attached hydrogens (tertiary/aromatic N) is 1. The monoisotopic (exact) mass is 187 g/mol. The molecule has 1 aromatic heterocycles. The van der Waals surface area contributed by atoms with Gasteiger partial charge in [0.2, 0.25) is 0 Å². The van der Waals surface area contributed by atoms with E-state index in [0.717, 1.165) is 10.8 Å². The van der Waals surface area contributed by atoms with Crippen LogP contribution in [0.4, 0.5) is 0 Å². The summed E-state index contributed by atoms with van der Waals surface area (Å²) >= 11 is 7.43. The summed E-state index contributed by atoms with van der Waals surface area (Å²) in [5.74, 6) is 1.12. The Morgan fingerprint density at radius 2 is 2.36 bits per heavy atom. The first-order valence-electron chi connectivity index (χ1n) is 3.57. The fourth-order valence-electron chi connectivity index (χ4n) is 0.654. The standard InChI is InChI=1S/C8H10ClNS/c1-2-5-11-8-4-3-7(9)6-10-8/h3-4,6H,2,5H2,1H3. The Hall–Kier alpha value is -0.210. The molecule has 0 aromatic carbocycles. The van der Waals surface area contributed by atoms with Crippen LogP contribution in [-0.4, -0.2) is 10.7 Å². The van der Waals surface area contributed by atoms with Crippen LogP contribution in [-0.2, 0) is 0 Å². The number of rotatable bonds is 3. The Labute approximate surface area is 76.2 Å². The summed E-state index contributed by atoms with van der Waals surface area (Å²) in [5.41, 5.74) is 0. The van der Waals surface area contributed by atoms with Crippen molar-refractivity contribution in [2.45, 2.75) is 18.4 Å². The number of hydrogen-bond donors (Lipinski definition) is 0. The first kappa shape index (κ1) is 8.88. The molecule has 3 heteroatoms. The molecule has 0 amide bonds. The molecule has 0 spiro atoms. The van der Waals surface area contributed by atoms with Crippen molar-refractivity contribution in [2.24, 2.45) is 0 Å². The minimum Gasteiger partial charge on any atom is -0.248 e. The van der Waals surface area contributed by atoms with Crippen molar-refractivity contribution in [3.63, 3.8) is 0 Å². The summed E-state index contributed by atoms with van der Waals surface area (Å²) in [6.07, 6.45) is 2.86. The summed E-state index contributed by atoms with van der Waals surface area (Å²) in [7, 11) is 0. The average molecular weight is 188 g/mol. The van der Waals surface area contributed by atoms with Gasteiger partial charge in [-0.1, -0.05) is 18.5 Å². The van der Waals surface area contributed by atoms with E-state index in [2.05, 4.69) is 11.9 Å². The van der Waals surface area contributed by atoms with E-state index >= 15 is 0 Å². The molecule has 1 nitrogen and oxygen atoms in total. The Bertz CT molecular complexity index is 210. The Balaban J connectivity index is 2.52. The smallest absolute Gasteiger partial charge is 0.0960 e. The number of thioether (sulfide) groups is 1. The molecular formula is C8H10ClNS. The van der Waals surface area contributed by atoms with E-state index in [1.807, 2.05) is 12.1 Å². The third kappa shape index (κ3) is 3.12. The van der Waals surface area contributed by atoms with Crippen molar-refractivity contribution in [3.8, 4) is 0 Å². The van der Waals surface area contributed by atoms with Crippen LogP contribution in [0, 0.1) is 0 Å². The molecule has 1 aromatic rings. The maximum Gasteiger partial charge on any atom is 0.0960 e. The third-order valence-corrected chi connectivity index (χ3v) is 2.53. The number of aromatic nitrogens is 1. The second-order valence-corrected chi connectivity index (χ2v) is 3.71. The first-order valence-corrected chi connectivity index (χ1v) is 4.93. The lowest BCUT2D eigenvalue weighted by atomic mass is 10.5. The van der Waals surface area contributed by atoms with Crippen molar-refractivity contribution >= 4 is 23.4 Å². The lowest BCUT2D eigenvalue weighted by molar-refractivity contribution is 1.08. The number of pyridine rings is 1. The predicted octanol–water partition coefficient (Wildman–Crippen LogP) is 3.24. The quantitative estimate of drug-likeness (QED) is 0.674. The normalized spacial score (nSPS) is 10.0. The molecule has 0 atom stereocenters. The van der Waals surface area contributed by atoms with Gasteiger partial charge in [-0.15, -0.1) is 11.8 Å². The lowest BCUT2D eigenvalue weighted by Gasteiger charge is -1.96. The molecule has 1 heterocycles. The van der Waals surface area contributed by atoms with E-state index in [0.29, 0.717) is 5.02 Å². The van der Waals surface area contributed by atoms with Crippen LogP contribution in [0.15, 0.2) is 23.4 Å². The van der Waals surface area contributed by atoms with Crippen LogP contribution in [0.2, 0.25) is 5.02 Å². The Morgan fingerprint density at radius 1 is 1.55 bits per heavy atom. The van der Waals surface area contributed by atoms with Gasteiger partial charge >= 0.3 is 0 Å². The van der Waals surface area contributed by atoms with Crippen molar-refractivity contribution in [3.05, 3.63) is 23.4 Å². The van der Waals surface area contributed by atoms with Crippen LogP contribution < -0.4 is 0 Å². The molecule has 0 bridgehead atoms. The van der Waals surface area contributed by atoms with Crippen LogP contribution in [0.25, 0.3) is 0 Å². The van der Waals surface area contributed by atoms with Crippen molar-refractivity contribution in [1.82, 2.24) is 4.98 Å². The SMILES string of the molecule is CCCSc1ccc(Cl)cn1. The zero-order valence-electron chi connectivity index (χ0n) is 6.38. The van der Waals surface area contributed by atoms with E-state index in [9.17, 15) is 0 Å². The third-order valence-electron chi connectivity index (χ3n) is 1.15. The highest BCUT2D eigenvalue weighted by Crippen LogP contribution is 2.17. The molecule has 0 aliphatic rings. The molecule has 0 aliphatic heterocycles. The van der Waals surface area contributed by atoms with Gasteiger partial charge in [0.05, 0.1) is 10.0 Å². The van der Waals surface area contributed by atoms with Gasteiger partial charge < -0.3 is 0 Å². The van der Waals surface area contributed by atoms with Crippen molar-refractivity contribution in [2.75, 3.05) is 5.75 Å². The van der Waals surface area contributed by atoms with Crippen molar-refractivity contribution in [1.29, 1.82) is 0 Å². The van der Waals surface area contributed by atoms with Crippen molar-refractivity contribution < 1.29 is 0 Å². The average Bonchev–Trinajstić information content (AvgIpc) is 2.04. The van der Waals surface area contributed by atoms with Crippen LogP contribution >= 0.6 is 23.4 Å². The summed E-state index contributed by atoms with van der Waals surface area (Å²) in [6, 6.07) is 3.81. The van der Waals surface area contributed by atoms with Gasteiger partial charge in [0.15, 0.2) is 0 Å². The first-order chi connectivity index (χ1) is 5.33. The topological polar surface area (TPSA) is 12.9 Å². The molecule has 1 rings (SSSR count). The van der Waals surface area contributed by atoms with Gasteiger partial charge in [-0.05, 0) is 24.3 Å². The van der Waals surface area contributed by atoms with Gasteiger partial charge in [0, 0.05) is 6.20 Å². The van der Waals surface area contributed by atoms with E-state index in [1.165, 1.54) is 6.42 Å². The second kappa shape index (κ2) is 4.62. The lowest BCUT2D eigenvalue weighted by Crippen LogP contribution is -1.79. The van der Waals surface area contributed by atoms with Crippen LogP contribution in [0.3, 0.4) is 0 Å². The highest BCUT2D eigenvalue weighted by atomic mass is 35.5. The molecule has 0 aliphatic carbocycles. The van der Waals surface area contributed by atoms with Gasteiger partial charge in [0.1, 0.15) is 0 Å². The fraction of sp³-hybridized carbons (Fsp3) is 0.375. The van der Waals surface area contributed by atoms with E-state index in [4.69, 9.17) is 11.6 Å². The molecule has 60 valence electrons. The maximum atomic E-state index is 5.67. The molecule has 0 fully saturated rings. The molecule has 0 unspecified atom stereocenters. The highest BCUT2D eigenvalue weighted by molar-refractivity contribution is 7.99. The largest absolute Gasteiger partial charge is 0.248 e. The Kier molecular flexibility index (Phi) is 3.73. The number of halogens is 1. The van der Waals surface area contributed by atoms with Gasteiger partial charge in [-0.3, -0.25) is 0 Å². The van der Waals surface area contributed by atoms with Crippen LogP contribution in [0.5, 0.6) is 0 Å². The molecule has 0 radical (unpaired) electrons. The molecule has 11 heavy (non-hydrogen) atoms. The zero-order valence-corrected chi connectivity index (χ0v) is 7.95. The molecular weight excluding hydrogens is 178 g/mol. The minimum absolute atomic E-state index is 0.700. The number of hydrogen-bond acceptors (Lipinski definition) is 2. The second-order valence-electron chi connectivity index (χ2n) is 2.16. The van der Waals surface area contributed by atoms with E-state index < -0.39 is 0 Å². The highest BCUT2D eigenvalue weighted by Gasteiger charge is 1.92. The fourth-order valence-corrected chi connectivity index (χ4v) is 1.47. The summed E-state index contributed by atoms with van der Waals surface area (Å²) in [6.45, 7) is 2.16. The summed E-state index contributed by atoms with van der Waals surface area (Å²) < 4.78 is 0. The minimum atomic E-state index is 0.700. The molecule has 0 saturated carbocycles. The predicted molar refractivity (Wildman–Crippen MR) is 50.3 cm³/mol. The molecule has 0 N–H and O–H groups in total. The Morgan fingerprint density at radius 3 is 2.91 bits per heavy atom. The molecule has 0 saturated heterocycles. The zero-order chi connectivity index (χ0) is 8.10. The van der Waals surface area contributed by atoms with E-state index in [-0.39, 0.29) is 0 Å².